The molecule has 0 unspecified atom stereocenters. The van der Waals surface area contributed by atoms with E-state index in [2.05, 4.69) is 22.5 Å². The van der Waals surface area contributed by atoms with E-state index in [9.17, 15) is 28.8 Å². The lowest BCUT2D eigenvalue weighted by Gasteiger charge is -2.30. The van der Waals surface area contributed by atoms with E-state index in [0.717, 1.165) is 22.3 Å². The molecule has 1 aliphatic rings. The molecule has 4 amide bonds. The van der Waals surface area contributed by atoms with Crippen LogP contribution in [0.4, 0.5) is 9.59 Å². The Morgan fingerprint density at radius 2 is 1.39 bits per heavy atom. The monoisotopic (exact) mass is 748 g/mol. The number of Topliss-reactive ketones (excluding diaryl/α,β-unsaturated/α-hetero) is 1. The van der Waals surface area contributed by atoms with Crippen molar-refractivity contribution in [3.8, 4) is 11.1 Å². The van der Waals surface area contributed by atoms with Crippen molar-refractivity contribution in [3.63, 3.8) is 0 Å². The van der Waals surface area contributed by atoms with E-state index in [0.29, 0.717) is 0 Å². The largest absolute Gasteiger partial charge is 0.459 e. The number of fused-ring (bicyclic) bond motifs is 3. The number of ether oxygens (including phenoxy) is 3. The van der Waals surface area contributed by atoms with Gasteiger partial charge >= 0.3 is 18.2 Å². The molecule has 1 aliphatic carbocycles. The van der Waals surface area contributed by atoms with Gasteiger partial charge in [-0.2, -0.15) is 0 Å². The van der Waals surface area contributed by atoms with Gasteiger partial charge in [-0.1, -0.05) is 88.9 Å². The van der Waals surface area contributed by atoms with E-state index in [4.69, 9.17) is 14.2 Å². The van der Waals surface area contributed by atoms with Gasteiger partial charge in [0, 0.05) is 18.9 Å². The van der Waals surface area contributed by atoms with E-state index < -0.39 is 60.0 Å². The summed E-state index contributed by atoms with van der Waals surface area (Å²) in [6.07, 6.45) is 0.110. The number of benzene rings is 2. The first kappa shape index (κ1) is 43.2. The van der Waals surface area contributed by atoms with Crippen molar-refractivity contribution in [3.05, 3.63) is 72.3 Å². The third kappa shape index (κ3) is 13.7. The highest BCUT2D eigenvalue weighted by Crippen LogP contribution is 2.44. The molecule has 0 fully saturated rings. The van der Waals surface area contributed by atoms with Crippen LogP contribution in [0.15, 0.2) is 61.2 Å². The number of hydrogen-bond acceptors (Lipinski definition) is 9. The lowest BCUT2D eigenvalue weighted by Crippen LogP contribution is -2.56. The van der Waals surface area contributed by atoms with Crippen molar-refractivity contribution >= 4 is 35.8 Å². The molecule has 294 valence electrons. The predicted octanol–water partition coefficient (Wildman–Crippen LogP) is 5.51. The molecule has 0 bridgehead atoms. The molecule has 2 aromatic rings. The Labute approximate surface area is 318 Å². The summed E-state index contributed by atoms with van der Waals surface area (Å²) in [4.78, 5) is 79.7. The summed E-state index contributed by atoms with van der Waals surface area (Å²) in [6, 6.07) is 13.8. The molecule has 3 rings (SSSR count). The van der Waals surface area contributed by atoms with Crippen molar-refractivity contribution in [1.29, 1.82) is 0 Å². The lowest BCUT2D eigenvalue weighted by molar-refractivity contribution is -0.159. The quantitative estimate of drug-likeness (QED) is 0.0953. The third-order valence-electron chi connectivity index (χ3n) is 8.46. The van der Waals surface area contributed by atoms with E-state index in [-0.39, 0.29) is 63.3 Å². The van der Waals surface area contributed by atoms with Gasteiger partial charge in [-0.05, 0) is 67.7 Å². The van der Waals surface area contributed by atoms with E-state index >= 15 is 0 Å². The molecule has 13 nitrogen and oxygen atoms in total. The number of ketones is 1. The molecule has 0 saturated carbocycles. The fraction of sp³-hybridized carbons (Fsp3) is 0.512. The molecule has 2 aromatic carbocycles. The normalized spacial score (nSPS) is 13.2. The van der Waals surface area contributed by atoms with Crippen LogP contribution in [-0.4, -0.2) is 91.2 Å². The number of amides is 4. The van der Waals surface area contributed by atoms with Crippen molar-refractivity contribution in [1.82, 2.24) is 20.9 Å². The first-order chi connectivity index (χ1) is 25.5. The van der Waals surface area contributed by atoms with Gasteiger partial charge in [0.05, 0.1) is 6.54 Å². The van der Waals surface area contributed by atoms with Gasteiger partial charge < -0.3 is 35.1 Å². The zero-order valence-corrected chi connectivity index (χ0v) is 32.6. The smallest absolute Gasteiger partial charge is 0.408 e. The second-order valence-electron chi connectivity index (χ2n) is 15.2. The van der Waals surface area contributed by atoms with Gasteiger partial charge in [0.1, 0.15) is 37.4 Å². The number of hydrogen-bond donors (Lipinski definition) is 3. The highest BCUT2D eigenvalue weighted by Gasteiger charge is 2.33. The van der Waals surface area contributed by atoms with Crippen LogP contribution < -0.4 is 16.0 Å². The Bertz CT molecular complexity index is 1600. The summed E-state index contributed by atoms with van der Waals surface area (Å²) in [5.41, 5.74) is 3.46. The standard InChI is InChI=1S/C41H56N4O9/c1-9-20-52-40(51)44-34(21-26(2)3)37(48)43-35(22-27(4)5)38(49)45(24-36(47)54-41(6,7)8)19-18-28(46)23-42-39(50)53-25-33-31-16-12-10-14-29(31)30-15-11-13-17-32(30)33/h9-17,26-27,33-35H,1,18-25H2,2-8H3,(H,42,50)(H,43,48)(H,44,51)/t34-,35-/m0/s1. The summed E-state index contributed by atoms with van der Waals surface area (Å²) >= 11 is 0. The molecule has 3 N–H and O–H groups in total. The van der Waals surface area contributed by atoms with Gasteiger partial charge in [0.2, 0.25) is 11.8 Å². The van der Waals surface area contributed by atoms with E-state index in [1.165, 1.54) is 11.0 Å². The summed E-state index contributed by atoms with van der Waals surface area (Å²) in [5.74, 6) is -2.49. The molecule has 13 heteroatoms. The number of carbonyl (C=O) groups excluding carboxylic acids is 6. The van der Waals surface area contributed by atoms with Crippen LogP contribution >= 0.6 is 0 Å². The van der Waals surface area contributed by atoms with Crippen molar-refractivity contribution in [2.24, 2.45) is 11.8 Å². The molecule has 0 saturated heterocycles. The Balaban J connectivity index is 1.66. The van der Waals surface area contributed by atoms with Crippen LogP contribution in [0.5, 0.6) is 0 Å². The fourth-order valence-electron chi connectivity index (χ4n) is 6.17. The molecule has 0 heterocycles. The van der Waals surface area contributed by atoms with Crippen LogP contribution in [0.25, 0.3) is 11.1 Å². The van der Waals surface area contributed by atoms with Crippen LogP contribution in [0, 0.1) is 11.8 Å². The third-order valence-corrected chi connectivity index (χ3v) is 8.46. The number of nitrogens with one attached hydrogen (secondary N) is 3. The first-order valence-electron chi connectivity index (χ1n) is 18.4. The Kier molecular flexibility index (Phi) is 16.2. The minimum Gasteiger partial charge on any atom is -0.459 e. The van der Waals surface area contributed by atoms with Gasteiger partial charge in [-0.15, -0.1) is 0 Å². The molecule has 0 aromatic heterocycles. The zero-order valence-electron chi connectivity index (χ0n) is 32.6. The van der Waals surface area contributed by atoms with E-state index in [1.54, 1.807) is 20.8 Å². The zero-order chi connectivity index (χ0) is 40.0. The molecule has 54 heavy (non-hydrogen) atoms. The molecular weight excluding hydrogens is 692 g/mol. The second kappa shape index (κ2) is 20.3. The van der Waals surface area contributed by atoms with E-state index in [1.807, 2.05) is 76.2 Å². The first-order valence-corrected chi connectivity index (χ1v) is 18.4. The Morgan fingerprint density at radius 3 is 1.94 bits per heavy atom. The summed E-state index contributed by atoms with van der Waals surface area (Å²) in [7, 11) is 0. The molecular formula is C41H56N4O9. The minimum atomic E-state index is -1.09. The van der Waals surface area contributed by atoms with Gasteiger partial charge in [0.15, 0.2) is 5.78 Å². The van der Waals surface area contributed by atoms with Gasteiger partial charge in [-0.25, -0.2) is 9.59 Å². The Morgan fingerprint density at radius 1 is 0.815 bits per heavy atom. The molecule has 0 radical (unpaired) electrons. The van der Waals surface area contributed by atoms with Crippen molar-refractivity contribution in [2.45, 2.75) is 91.3 Å². The minimum absolute atomic E-state index is 0.0106. The SMILES string of the molecule is C=CCOC(=O)N[C@@H](CC(C)C)C(=O)N[C@@H](CC(C)C)C(=O)N(CCC(=O)CNC(=O)OCC1c2ccccc2-c2ccccc21)CC(=O)OC(C)(C)C. The number of rotatable bonds is 19. The second-order valence-corrected chi connectivity index (χ2v) is 15.2. The van der Waals surface area contributed by atoms with Gasteiger partial charge in [0.25, 0.3) is 0 Å². The van der Waals surface area contributed by atoms with Gasteiger partial charge in [-0.3, -0.25) is 19.2 Å². The predicted molar refractivity (Wildman–Crippen MR) is 204 cm³/mol. The average molecular weight is 749 g/mol. The molecule has 0 aliphatic heterocycles. The maximum absolute atomic E-state index is 14.1. The van der Waals surface area contributed by atoms with Crippen molar-refractivity contribution < 1.29 is 43.0 Å². The maximum atomic E-state index is 14.1. The lowest BCUT2D eigenvalue weighted by atomic mass is 9.98. The number of esters is 1. The molecule has 0 spiro atoms. The average Bonchev–Trinajstić information content (AvgIpc) is 3.42. The summed E-state index contributed by atoms with van der Waals surface area (Å²) in [5, 5.41) is 7.82. The van der Waals surface area contributed by atoms with Crippen LogP contribution in [0.1, 0.15) is 84.8 Å². The Hall–Kier alpha value is -5.20. The van der Waals surface area contributed by atoms with Crippen molar-refractivity contribution in [2.75, 3.05) is 32.8 Å². The highest BCUT2D eigenvalue weighted by molar-refractivity contribution is 5.93. The number of nitrogens with zero attached hydrogens (tertiary/aromatic N) is 1. The topological polar surface area (TPSA) is 169 Å². The maximum Gasteiger partial charge on any atom is 0.408 e. The van der Waals surface area contributed by atoms with Crippen LogP contribution in [0.3, 0.4) is 0 Å². The van der Waals surface area contributed by atoms with Crippen LogP contribution in [0.2, 0.25) is 0 Å². The number of carbonyl (C=O) groups is 6. The van der Waals surface area contributed by atoms with Crippen LogP contribution in [-0.2, 0) is 33.4 Å². The highest BCUT2D eigenvalue weighted by atomic mass is 16.6. The fourth-order valence-corrected chi connectivity index (χ4v) is 6.17. The molecule has 2 atom stereocenters. The summed E-state index contributed by atoms with van der Waals surface area (Å²) < 4.78 is 16.0. The summed E-state index contributed by atoms with van der Waals surface area (Å²) in [6.45, 7) is 15.1. The number of alkyl carbamates (subject to hydrolysis) is 2.